The summed E-state index contributed by atoms with van der Waals surface area (Å²) >= 11 is 0. The van der Waals surface area contributed by atoms with Crippen molar-refractivity contribution in [1.82, 2.24) is 15.0 Å². The summed E-state index contributed by atoms with van der Waals surface area (Å²) in [4.78, 5) is 18.2. The number of hydrogen-bond donors (Lipinski definition) is 1. The van der Waals surface area contributed by atoms with Crippen LogP contribution in [0.25, 0.3) is 0 Å². The summed E-state index contributed by atoms with van der Waals surface area (Å²) in [5, 5.41) is 3.45. The average molecular weight is 326 g/mol. The fourth-order valence-electron chi connectivity index (χ4n) is 2.85. The Morgan fingerprint density at radius 1 is 1.08 bits per heavy atom. The van der Waals surface area contributed by atoms with E-state index in [9.17, 15) is 0 Å². The first-order chi connectivity index (χ1) is 11.7. The fourth-order valence-corrected chi connectivity index (χ4v) is 2.85. The molecule has 1 aliphatic rings. The number of pyridine rings is 1. The van der Waals surface area contributed by atoms with Crippen LogP contribution in [0.15, 0.2) is 30.5 Å². The molecule has 0 aromatic carbocycles. The lowest BCUT2D eigenvalue weighted by atomic mass is 10.2. The molecular formula is C18H26N6. The molecule has 0 bridgehead atoms. The van der Waals surface area contributed by atoms with E-state index in [1.807, 2.05) is 25.3 Å². The van der Waals surface area contributed by atoms with Crippen LogP contribution in [0.4, 0.5) is 17.5 Å². The number of nitrogens with zero attached hydrogens (tertiary/aromatic N) is 5. The number of anilines is 3. The van der Waals surface area contributed by atoms with E-state index in [1.54, 1.807) is 0 Å². The normalized spacial score (nSPS) is 16.1. The Balaban J connectivity index is 1.67. The molecule has 3 heterocycles. The van der Waals surface area contributed by atoms with Gasteiger partial charge in [0.25, 0.3) is 0 Å². The number of piperazine rings is 1. The van der Waals surface area contributed by atoms with Gasteiger partial charge in [0.2, 0.25) is 0 Å². The quantitative estimate of drug-likeness (QED) is 0.912. The van der Waals surface area contributed by atoms with E-state index in [0.29, 0.717) is 6.04 Å². The predicted octanol–water partition coefficient (Wildman–Crippen LogP) is 2.72. The van der Waals surface area contributed by atoms with Gasteiger partial charge in [0.15, 0.2) is 0 Å². The van der Waals surface area contributed by atoms with Crippen molar-refractivity contribution < 1.29 is 0 Å². The lowest BCUT2D eigenvalue weighted by Gasteiger charge is -2.36. The van der Waals surface area contributed by atoms with Crippen molar-refractivity contribution in [3.63, 3.8) is 0 Å². The second-order valence-electron chi connectivity index (χ2n) is 6.27. The molecule has 0 saturated carbocycles. The molecule has 3 rings (SSSR count). The molecule has 6 nitrogen and oxygen atoms in total. The minimum Gasteiger partial charge on any atom is -0.367 e. The molecule has 1 fully saturated rings. The van der Waals surface area contributed by atoms with E-state index in [4.69, 9.17) is 0 Å². The molecule has 128 valence electrons. The van der Waals surface area contributed by atoms with E-state index in [0.717, 1.165) is 55.9 Å². The van der Waals surface area contributed by atoms with E-state index >= 15 is 0 Å². The van der Waals surface area contributed by atoms with Gasteiger partial charge in [0.1, 0.15) is 23.3 Å². The highest BCUT2D eigenvalue weighted by Crippen LogP contribution is 2.20. The van der Waals surface area contributed by atoms with Gasteiger partial charge in [-0.05, 0) is 32.4 Å². The Morgan fingerprint density at radius 3 is 2.42 bits per heavy atom. The van der Waals surface area contributed by atoms with Gasteiger partial charge in [-0.15, -0.1) is 0 Å². The van der Waals surface area contributed by atoms with Gasteiger partial charge in [-0.2, -0.15) is 0 Å². The molecule has 1 N–H and O–H groups in total. The summed E-state index contributed by atoms with van der Waals surface area (Å²) in [5.74, 6) is 3.79. The summed E-state index contributed by atoms with van der Waals surface area (Å²) in [7, 11) is 0. The Labute approximate surface area is 143 Å². The van der Waals surface area contributed by atoms with Crippen LogP contribution in [0, 0.1) is 6.92 Å². The standard InChI is InChI=1S/C18H26N6/c1-4-14(2)20-16-13-18(22-15(3)21-16)24-11-9-23(10-12-24)17-7-5-6-8-19-17/h5-8,13-14H,4,9-12H2,1-3H3,(H,20,21,22). The van der Waals surface area contributed by atoms with Crippen molar-refractivity contribution >= 4 is 17.5 Å². The van der Waals surface area contributed by atoms with Gasteiger partial charge in [-0.3, -0.25) is 0 Å². The van der Waals surface area contributed by atoms with E-state index in [1.165, 1.54) is 0 Å². The van der Waals surface area contributed by atoms with E-state index in [-0.39, 0.29) is 0 Å². The molecule has 2 aromatic rings. The largest absolute Gasteiger partial charge is 0.367 e. The number of rotatable bonds is 5. The third-order valence-electron chi connectivity index (χ3n) is 4.41. The highest BCUT2D eigenvalue weighted by Gasteiger charge is 2.20. The van der Waals surface area contributed by atoms with Gasteiger partial charge < -0.3 is 15.1 Å². The Hall–Kier alpha value is -2.37. The maximum atomic E-state index is 4.63. The topological polar surface area (TPSA) is 57.2 Å². The van der Waals surface area contributed by atoms with Gasteiger partial charge >= 0.3 is 0 Å². The first-order valence-corrected chi connectivity index (χ1v) is 8.69. The van der Waals surface area contributed by atoms with Crippen LogP contribution in [0.5, 0.6) is 0 Å². The molecule has 1 saturated heterocycles. The Morgan fingerprint density at radius 2 is 1.79 bits per heavy atom. The monoisotopic (exact) mass is 326 g/mol. The van der Waals surface area contributed by atoms with Gasteiger partial charge in [-0.25, -0.2) is 15.0 Å². The summed E-state index contributed by atoms with van der Waals surface area (Å²) in [5.41, 5.74) is 0. The van der Waals surface area contributed by atoms with Crippen molar-refractivity contribution in [1.29, 1.82) is 0 Å². The molecule has 1 unspecified atom stereocenters. The van der Waals surface area contributed by atoms with Crippen molar-refractivity contribution in [2.45, 2.75) is 33.2 Å². The zero-order valence-electron chi connectivity index (χ0n) is 14.7. The second kappa shape index (κ2) is 7.47. The van der Waals surface area contributed by atoms with Crippen molar-refractivity contribution in [2.75, 3.05) is 41.3 Å². The number of nitrogens with one attached hydrogen (secondary N) is 1. The molecule has 1 atom stereocenters. The summed E-state index contributed by atoms with van der Waals surface area (Å²) in [6.45, 7) is 10.1. The molecule has 6 heteroatoms. The number of aryl methyl sites for hydroxylation is 1. The lowest BCUT2D eigenvalue weighted by molar-refractivity contribution is 0.640. The second-order valence-corrected chi connectivity index (χ2v) is 6.27. The smallest absolute Gasteiger partial charge is 0.134 e. The van der Waals surface area contributed by atoms with Crippen molar-refractivity contribution in [3.8, 4) is 0 Å². The zero-order valence-corrected chi connectivity index (χ0v) is 14.7. The average Bonchev–Trinajstić information content (AvgIpc) is 2.62. The summed E-state index contributed by atoms with van der Waals surface area (Å²) in [6, 6.07) is 8.53. The molecular weight excluding hydrogens is 300 g/mol. The lowest BCUT2D eigenvalue weighted by Crippen LogP contribution is -2.47. The minimum atomic E-state index is 0.410. The first-order valence-electron chi connectivity index (χ1n) is 8.69. The van der Waals surface area contributed by atoms with Crippen LogP contribution in [-0.2, 0) is 0 Å². The third kappa shape index (κ3) is 3.93. The van der Waals surface area contributed by atoms with Crippen LogP contribution >= 0.6 is 0 Å². The summed E-state index contributed by atoms with van der Waals surface area (Å²) in [6.07, 6.45) is 2.92. The summed E-state index contributed by atoms with van der Waals surface area (Å²) < 4.78 is 0. The van der Waals surface area contributed by atoms with Crippen molar-refractivity contribution in [3.05, 3.63) is 36.3 Å². The maximum Gasteiger partial charge on any atom is 0.134 e. The molecule has 0 spiro atoms. The predicted molar refractivity (Wildman–Crippen MR) is 98.8 cm³/mol. The fraction of sp³-hybridized carbons (Fsp3) is 0.500. The Kier molecular flexibility index (Phi) is 5.13. The van der Waals surface area contributed by atoms with Crippen LogP contribution in [-0.4, -0.2) is 47.2 Å². The van der Waals surface area contributed by atoms with Crippen LogP contribution < -0.4 is 15.1 Å². The number of hydrogen-bond acceptors (Lipinski definition) is 6. The minimum absolute atomic E-state index is 0.410. The van der Waals surface area contributed by atoms with Crippen LogP contribution in [0.3, 0.4) is 0 Å². The van der Waals surface area contributed by atoms with E-state index < -0.39 is 0 Å². The Bertz CT molecular complexity index is 652. The molecule has 0 aliphatic carbocycles. The zero-order chi connectivity index (χ0) is 16.9. The van der Waals surface area contributed by atoms with Crippen molar-refractivity contribution in [2.24, 2.45) is 0 Å². The van der Waals surface area contributed by atoms with Crippen LogP contribution in [0.1, 0.15) is 26.1 Å². The molecule has 24 heavy (non-hydrogen) atoms. The third-order valence-corrected chi connectivity index (χ3v) is 4.41. The molecule has 1 aliphatic heterocycles. The first kappa shape index (κ1) is 16.5. The highest BCUT2D eigenvalue weighted by molar-refractivity contribution is 5.51. The van der Waals surface area contributed by atoms with E-state index in [2.05, 4.69) is 56.0 Å². The van der Waals surface area contributed by atoms with Crippen LogP contribution in [0.2, 0.25) is 0 Å². The van der Waals surface area contributed by atoms with Gasteiger partial charge in [0.05, 0.1) is 0 Å². The maximum absolute atomic E-state index is 4.63. The van der Waals surface area contributed by atoms with Gasteiger partial charge in [-0.1, -0.05) is 13.0 Å². The highest BCUT2D eigenvalue weighted by atomic mass is 15.3. The number of aromatic nitrogens is 3. The molecule has 0 radical (unpaired) electrons. The molecule has 2 aromatic heterocycles. The SMILES string of the molecule is CCC(C)Nc1cc(N2CCN(c3ccccn3)CC2)nc(C)n1. The van der Waals surface area contributed by atoms with Gasteiger partial charge in [0, 0.05) is 44.5 Å². The molecule has 0 amide bonds.